The van der Waals surface area contributed by atoms with E-state index in [1.165, 1.54) is 0 Å². The molecule has 0 aromatic carbocycles. The van der Waals surface area contributed by atoms with Crippen molar-refractivity contribution in [3.63, 3.8) is 0 Å². The number of carbonyl (C=O) groups excluding carboxylic acids is 2. The summed E-state index contributed by atoms with van der Waals surface area (Å²) in [7, 11) is 8.95. The molecule has 0 N–H and O–H groups in total. The van der Waals surface area contributed by atoms with Gasteiger partial charge in [-0.2, -0.15) is 0 Å². The summed E-state index contributed by atoms with van der Waals surface area (Å²) in [6, 6.07) is 0.839. The summed E-state index contributed by atoms with van der Waals surface area (Å²) in [6.07, 6.45) is 13.1. The van der Waals surface area contributed by atoms with Gasteiger partial charge in [-0.15, -0.1) is 0 Å². The number of hydrogen-bond acceptors (Lipinski definition) is 10. The zero-order chi connectivity index (χ0) is 47.1. The molecule has 0 amide bonds. The third kappa shape index (κ3) is 13.2. The fraction of sp³-hybridized carbons (Fsp3) is 0.962. The second-order valence-electron chi connectivity index (χ2n) is 25.9. The first-order valence-electron chi connectivity index (χ1n) is 24.9. The quantitative estimate of drug-likeness (QED) is 0.104. The van der Waals surface area contributed by atoms with Crippen molar-refractivity contribution in [1.29, 1.82) is 0 Å². The third-order valence-corrected chi connectivity index (χ3v) is 17.6. The van der Waals surface area contributed by atoms with Gasteiger partial charge in [-0.1, -0.05) is 12.8 Å². The van der Waals surface area contributed by atoms with E-state index in [4.69, 9.17) is 9.47 Å². The molecule has 0 radical (unpaired) electrons. The van der Waals surface area contributed by atoms with Crippen molar-refractivity contribution in [2.24, 2.45) is 0 Å². The number of hydrogen-bond donors (Lipinski definition) is 0. The molecule has 10 heteroatoms. The second-order valence-corrected chi connectivity index (χ2v) is 25.9. The maximum Gasteiger partial charge on any atom is 0.307 e. The maximum atomic E-state index is 13.6. The van der Waals surface area contributed by atoms with Crippen molar-refractivity contribution in [3.8, 4) is 0 Å². The standard InChI is InChI=1S/C52H100N6O4/c1-45(2)31-39(32-46(3,4)53(45)17)57(29-25-43(59)61-41-35-49(9,10)55(19)50(11,12)36-41)27-23-21-22-24-28-58(40-33-47(5,6)54(18)48(7,8)34-40)30-26-44(60)62-42-37-51(13,14)56(20)52(15,16)38-42/h39-42H,21-38H2,1-20H3. The average molecular weight is 873 g/mol. The Bertz CT molecular complexity index is 1320. The van der Waals surface area contributed by atoms with E-state index in [-0.39, 0.29) is 68.5 Å². The van der Waals surface area contributed by atoms with Crippen molar-refractivity contribution in [3.05, 3.63) is 0 Å². The lowest BCUT2D eigenvalue weighted by Crippen LogP contribution is -2.63. The largest absolute Gasteiger partial charge is 0.462 e. The number of carbonyl (C=O) groups is 2. The molecule has 0 aromatic rings. The van der Waals surface area contributed by atoms with Gasteiger partial charge in [-0.05, 0) is 191 Å². The van der Waals surface area contributed by atoms with Crippen molar-refractivity contribution in [2.45, 2.75) is 269 Å². The molecule has 4 rings (SSSR count). The van der Waals surface area contributed by atoms with E-state index in [0.717, 1.165) is 103 Å². The minimum Gasteiger partial charge on any atom is -0.462 e. The minimum atomic E-state index is -0.0501. The van der Waals surface area contributed by atoms with Crippen LogP contribution < -0.4 is 0 Å². The molecule has 4 fully saturated rings. The SMILES string of the molecule is CN1C(C)(C)CC(OC(=O)CCN(CCCCCCN(CCC(=O)OC2CC(C)(C)N(C)C(C)(C)C2)C2CC(C)(C)N(C)C(C)(C)C2)C2CC(C)(C)N(C)C(C)(C)C2)CC1(C)C. The lowest BCUT2D eigenvalue weighted by atomic mass is 9.76. The van der Waals surface area contributed by atoms with Gasteiger partial charge >= 0.3 is 11.9 Å². The fourth-order valence-corrected chi connectivity index (χ4v) is 12.8. The van der Waals surface area contributed by atoms with Gasteiger partial charge in [-0.3, -0.25) is 39.0 Å². The number of esters is 2. The van der Waals surface area contributed by atoms with E-state index in [0.29, 0.717) is 24.9 Å². The molecule has 4 aliphatic heterocycles. The van der Waals surface area contributed by atoms with Crippen molar-refractivity contribution >= 4 is 11.9 Å². The van der Waals surface area contributed by atoms with Crippen LogP contribution in [0.1, 0.15) is 201 Å². The highest BCUT2D eigenvalue weighted by atomic mass is 16.5. The monoisotopic (exact) mass is 873 g/mol. The smallest absolute Gasteiger partial charge is 0.307 e. The minimum absolute atomic E-state index is 0.0191. The molecule has 0 aliphatic carbocycles. The van der Waals surface area contributed by atoms with E-state index < -0.39 is 0 Å². The first-order valence-corrected chi connectivity index (χ1v) is 24.9. The van der Waals surface area contributed by atoms with Gasteiger partial charge in [-0.25, -0.2) is 0 Å². The van der Waals surface area contributed by atoms with Crippen LogP contribution >= 0.6 is 0 Å². The summed E-state index contributed by atoms with van der Waals surface area (Å²) in [5, 5.41) is 0. The maximum absolute atomic E-state index is 13.6. The van der Waals surface area contributed by atoms with Crippen molar-refractivity contribution in [1.82, 2.24) is 29.4 Å². The van der Waals surface area contributed by atoms with Crippen LogP contribution in [-0.4, -0.2) is 164 Å². The van der Waals surface area contributed by atoms with Gasteiger partial charge in [0.15, 0.2) is 0 Å². The van der Waals surface area contributed by atoms with Crippen LogP contribution in [0.5, 0.6) is 0 Å². The zero-order valence-electron chi connectivity index (χ0n) is 44.4. The Balaban J connectivity index is 1.37. The number of unbranched alkanes of at least 4 members (excludes halogenated alkanes) is 3. The molecule has 4 aliphatic rings. The van der Waals surface area contributed by atoms with Crippen LogP contribution in [0.15, 0.2) is 0 Å². The molecule has 0 bridgehead atoms. The molecule has 0 aromatic heterocycles. The Labute approximate surface area is 382 Å². The van der Waals surface area contributed by atoms with Gasteiger partial charge in [0.2, 0.25) is 0 Å². The number of ether oxygens (including phenoxy) is 2. The molecule has 4 saturated heterocycles. The molecule has 362 valence electrons. The van der Waals surface area contributed by atoms with Gasteiger partial charge in [0, 0.05) is 95.2 Å². The van der Waals surface area contributed by atoms with Crippen LogP contribution in [0.4, 0.5) is 0 Å². The summed E-state index contributed by atoms with van der Waals surface area (Å²) in [5.41, 5.74) is 0.216. The molecule has 0 unspecified atom stereocenters. The number of piperidine rings is 4. The predicted octanol–water partition coefficient (Wildman–Crippen LogP) is 9.62. The Morgan fingerprint density at radius 3 is 0.855 bits per heavy atom. The lowest BCUT2D eigenvalue weighted by Gasteiger charge is -2.55. The molecule has 4 heterocycles. The number of likely N-dealkylation sites (tertiary alicyclic amines) is 4. The normalized spacial score (nSPS) is 27.1. The molecule has 0 atom stereocenters. The number of rotatable bonds is 17. The molecule has 62 heavy (non-hydrogen) atoms. The zero-order valence-corrected chi connectivity index (χ0v) is 44.4. The fourth-order valence-electron chi connectivity index (χ4n) is 12.8. The van der Waals surface area contributed by atoms with E-state index in [1.54, 1.807) is 0 Å². The summed E-state index contributed by atoms with van der Waals surface area (Å²) in [4.78, 5) is 42.4. The molecular weight excluding hydrogens is 773 g/mol. The summed E-state index contributed by atoms with van der Waals surface area (Å²) >= 11 is 0. The van der Waals surface area contributed by atoms with Crippen molar-refractivity contribution < 1.29 is 19.1 Å². The highest BCUT2D eigenvalue weighted by molar-refractivity contribution is 5.70. The van der Waals surface area contributed by atoms with Gasteiger partial charge in [0.05, 0.1) is 12.8 Å². The first-order chi connectivity index (χ1) is 28.1. The summed E-state index contributed by atoms with van der Waals surface area (Å²) in [5.74, 6) is -0.100. The Hall–Kier alpha value is -1.30. The summed E-state index contributed by atoms with van der Waals surface area (Å²) < 4.78 is 12.5. The predicted molar refractivity (Wildman–Crippen MR) is 259 cm³/mol. The first kappa shape index (κ1) is 53.3. The van der Waals surface area contributed by atoms with E-state index in [2.05, 4.69) is 168 Å². The van der Waals surface area contributed by atoms with E-state index in [9.17, 15) is 9.59 Å². The molecule has 0 spiro atoms. The second kappa shape index (κ2) is 19.5. The molecule has 0 saturated carbocycles. The van der Waals surface area contributed by atoms with Gasteiger partial charge < -0.3 is 9.47 Å². The Morgan fingerprint density at radius 1 is 0.387 bits per heavy atom. The van der Waals surface area contributed by atoms with Crippen LogP contribution in [0.2, 0.25) is 0 Å². The topological polar surface area (TPSA) is 72.0 Å². The van der Waals surface area contributed by atoms with Crippen molar-refractivity contribution in [2.75, 3.05) is 54.4 Å². The average Bonchev–Trinajstić information content (AvgIpc) is 3.10. The highest BCUT2D eigenvalue weighted by Crippen LogP contribution is 2.42. The van der Waals surface area contributed by atoms with Crippen LogP contribution in [0, 0.1) is 0 Å². The van der Waals surface area contributed by atoms with Gasteiger partial charge in [0.25, 0.3) is 0 Å². The van der Waals surface area contributed by atoms with Gasteiger partial charge in [0.1, 0.15) is 12.2 Å². The summed E-state index contributed by atoms with van der Waals surface area (Å²) in [6.45, 7) is 40.7. The number of nitrogens with zero attached hydrogens (tertiary/aromatic N) is 6. The van der Waals surface area contributed by atoms with E-state index in [1.807, 2.05) is 0 Å². The van der Waals surface area contributed by atoms with E-state index >= 15 is 0 Å². The Morgan fingerprint density at radius 2 is 0.613 bits per heavy atom. The highest BCUT2D eigenvalue weighted by Gasteiger charge is 2.48. The molecule has 10 nitrogen and oxygen atoms in total. The van der Waals surface area contributed by atoms with Crippen LogP contribution in [0.3, 0.4) is 0 Å². The van der Waals surface area contributed by atoms with Crippen LogP contribution in [-0.2, 0) is 19.1 Å². The lowest BCUT2D eigenvalue weighted by molar-refractivity contribution is -0.160. The van der Waals surface area contributed by atoms with Crippen LogP contribution in [0.25, 0.3) is 0 Å². The molecular formula is C52H100N6O4. The Kier molecular flexibility index (Phi) is 16.8. The third-order valence-electron chi connectivity index (χ3n) is 17.6.